The predicted molar refractivity (Wildman–Crippen MR) is 64.0 cm³/mol. The van der Waals surface area contributed by atoms with Crippen LogP contribution in [0.4, 0.5) is 4.39 Å². The first-order valence-electron chi connectivity index (χ1n) is 5.34. The molecule has 16 heavy (non-hydrogen) atoms. The molecule has 0 aromatic heterocycles. The summed E-state index contributed by atoms with van der Waals surface area (Å²) in [6.45, 7) is 4.22. The lowest BCUT2D eigenvalue weighted by molar-refractivity contribution is 0.170. The van der Waals surface area contributed by atoms with E-state index < -0.39 is 0 Å². The minimum absolute atomic E-state index is 0.166. The zero-order chi connectivity index (χ0) is 12.1. The molecule has 4 heteroatoms. The Morgan fingerprint density at radius 1 is 1.44 bits per heavy atom. The van der Waals surface area contributed by atoms with Crippen LogP contribution in [0.2, 0.25) is 5.02 Å². The summed E-state index contributed by atoms with van der Waals surface area (Å²) in [6, 6.07) is 4.47. The molecule has 2 N–H and O–H groups in total. The molecular formula is C12H17ClFNO. The molecule has 0 radical (unpaired) electrons. The van der Waals surface area contributed by atoms with E-state index in [0.29, 0.717) is 18.0 Å². The van der Waals surface area contributed by atoms with E-state index in [9.17, 15) is 9.50 Å². The van der Waals surface area contributed by atoms with Crippen LogP contribution in [0.3, 0.4) is 0 Å². The summed E-state index contributed by atoms with van der Waals surface area (Å²) < 4.78 is 13.0. The number of benzene rings is 1. The van der Waals surface area contributed by atoms with E-state index in [4.69, 9.17) is 11.6 Å². The van der Waals surface area contributed by atoms with Crippen LogP contribution in [0.1, 0.15) is 25.8 Å². The van der Waals surface area contributed by atoms with E-state index in [1.54, 1.807) is 13.0 Å². The van der Waals surface area contributed by atoms with Crippen molar-refractivity contribution < 1.29 is 9.50 Å². The normalized spacial score (nSPS) is 14.8. The molecule has 0 heterocycles. The van der Waals surface area contributed by atoms with Crippen molar-refractivity contribution in [1.29, 1.82) is 0 Å². The summed E-state index contributed by atoms with van der Waals surface area (Å²) in [5.74, 6) is -0.288. The first-order chi connectivity index (χ1) is 7.49. The van der Waals surface area contributed by atoms with Crippen LogP contribution >= 0.6 is 11.6 Å². The second-order valence-corrected chi connectivity index (χ2v) is 4.51. The molecule has 0 aliphatic carbocycles. The van der Waals surface area contributed by atoms with Gasteiger partial charge < -0.3 is 10.4 Å². The van der Waals surface area contributed by atoms with E-state index in [2.05, 4.69) is 5.32 Å². The Balaban J connectivity index is 2.51. The number of aliphatic hydroxyl groups excluding tert-OH is 1. The third-order valence-electron chi connectivity index (χ3n) is 2.34. The van der Waals surface area contributed by atoms with Crippen LogP contribution in [-0.4, -0.2) is 17.3 Å². The average molecular weight is 246 g/mol. The standard InChI is InChI=1S/C12H17ClFNO/c1-8(5-9(2)16)15-7-10-6-11(14)3-4-12(10)13/h3-4,6,8-9,15-16H,5,7H2,1-2H3. The largest absolute Gasteiger partial charge is 0.393 e. The minimum atomic E-state index is -0.342. The van der Waals surface area contributed by atoms with Crippen molar-refractivity contribution >= 4 is 11.6 Å². The number of rotatable bonds is 5. The molecule has 0 saturated carbocycles. The van der Waals surface area contributed by atoms with Crippen LogP contribution in [0, 0.1) is 5.82 Å². The maximum Gasteiger partial charge on any atom is 0.123 e. The van der Waals surface area contributed by atoms with Gasteiger partial charge in [0.15, 0.2) is 0 Å². The Hall–Kier alpha value is -0.640. The van der Waals surface area contributed by atoms with Crippen molar-refractivity contribution in [3.05, 3.63) is 34.6 Å². The number of halogens is 2. The van der Waals surface area contributed by atoms with Gasteiger partial charge in [-0.25, -0.2) is 4.39 Å². The van der Waals surface area contributed by atoms with Crippen molar-refractivity contribution in [3.63, 3.8) is 0 Å². The zero-order valence-corrected chi connectivity index (χ0v) is 10.3. The van der Waals surface area contributed by atoms with E-state index in [1.807, 2.05) is 6.92 Å². The predicted octanol–water partition coefficient (Wildman–Crippen LogP) is 2.73. The summed E-state index contributed by atoms with van der Waals surface area (Å²) in [6.07, 6.45) is 0.318. The molecule has 2 atom stereocenters. The van der Waals surface area contributed by atoms with Gasteiger partial charge in [0.25, 0.3) is 0 Å². The topological polar surface area (TPSA) is 32.3 Å². The van der Waals surface area contributed by atoms with Gasteiger partial charge in [0.1, 0.15) is 5.82 Å². The monoisotopic (exact) mass is 245 g/mol. The molecule has 0 aliphatic heterocycles. The highest BCUT2D eigenvalue weighted by molar-refractivity contribution is 6.31. The lowest BCUT2D eigenvalue weighted by Crippen LogP contribution is -2.28. The average Bonchev–Trinajstić information content (AvgIpc) is 2.18. The Morgan fingerprint density at radius 3 is 2.75 bits per heavy atom. The first kappa shape index (κ1) is 13.4. The minimum Gasteiger partial charge on any atom is -0.393 e. The number of nitrogens with one attached hydrogen (secondary N) is 1. The molecule has 0 amide bonds. The lowest BCUT2D eigenvalue weighted by atomic mass is 10.1. The van der Waals surface area contributed by atoms with Gasteiger partial charge in [-0.1, -0.05) is 11.6 Å². The Kier molecular flexibility index (Phi) is 5.19. The first-order valence-corrected chi connectivity index (χ1v) is 5.72. The van der Waals surface area contributed by atoms with E-state index in [-0.39, 0.29) is 18.0 Å². The second kappa shape index (κ2) is 6.18. The molecule has 2 unspecified atom stereocenters. The quantitative estimate of drug-likeness (QED) is 0.836. The molecule has 0 fully saturated rings. The van der Waals surface area contributed by atoms with Crippen LogP contribution in [0.15, 0.2) is 18.2 Å². The van der Waals surface area contributed by atoms with Gasteiger partial charge in [0, 0.05) is 17.6 Å². The maximum atomic E-state index is 13.0. The van der Waals surface area contributed by atoms with Gasteiger partial charge in [0.05, 0.1) is 6.10 Å². The van der Waals surface area contributed by atoms with E-state index in [0.717, 1.165) is 5.56 Å². The highest BCUT2D eigenvalue weighted by atomic mass is 35.5. The van der Waals surface area contributed by atoms with Gasteiger partial charge >= 0.3 is 0 Å². The van der Waals surface area contributed by atoms with E-state index in [1.165, 1.54) is 12.1 Å². The Morgan fingerprint density at radius 2 is 2.12 bits per heavy atom. The molecular weight excluding hydrogens is 229 g/mol. The number of hydrogen-bond donors (Lipinski definition) is 2. The lowest BCUT2D eigenvalue weighted by Gasteiger charge is -2.15. The van der Waals surface area contributed by atoms with Gasteiger partial charge in [-0.15, -0.1) is 0 Å². The van der Waals surface area contributed by atoms with Crippen molar-refractivity contribution in [1.82, 2.24) is 5.32 Å². The van der Waals surface area contributed by atoms with Crippen LogP contribution in [-0.2, 0) is 6.54 Å². The van der Waals surface area contributed by atoms with Crippen LogP contribution in [0.5, 0.6) is 0 Å². The second-order valence-electron chi connectivity index (χ2n) is 4.10. The molecule has 0 bridgehead atoms. The molecule has 0 aliphatic rings. The van der Waals surface area contributed by atoms with Gasteiger partial charge in [-0.05, 0) is 44.0 Å². The molecule has 2 nitrogen and oxygen atoms in total. The molecule has 1 rings (SSSR count). The number of hydrogen-bond acceptors (Lipinski definition) is 2. The van der Waals surface area contributed by atoms with Crippen molar-refractivity contribution in [2.24, 2.45) is 0 Å². The van der Waals surface area contributed by atoms with Crippen molar-refractivity contribution in [3.8, 4) is 0 Å². The Bertz CT molecular complexity index is 344. The van der Waals surface area contributed by atoms with Crippen LogP contribution < -0.4 is 5.32 Å². The molecule has 1 aromatic carbocycles. The maximum absolute atomic E-state index is 13.0. The molecule has 0 saturated heterocycles. The van der Waals surface area contributed by atoms with E-state index >= 15 is 0 Å². The summed E-state index contributed by atoms with van der Waals surface area (Å²) in [4.78, 5) is 0. The Labute approximate surface area is 100 Å². The highest BCUT2D eigenvalue weighted by Gasteiger charge is 2.07. The smallest absolute Gasteiger partial charge is 0.123 e. The molecule has 90 valence electrons. The van der Waals surface area contributed by atoms with Gasteiger partial charge in [-0.3, -0.25) is 0 Å². The van der Waals surface area contributed by atoms with Crippen molar-refractivity contribution in [2.75, 3.05) is 0 Å². The summed E-state index contributed by atoms with van der Waals surface area (Å²) in [7, 11) is 0. The van der Waals surface area contributed by atoms with Gasteiger partial charge in [-0.2, -0.15) is 0 Å². The third-order valence-corrected chi connectivity index (χ3v) is 2.71. The van der Waals surface area contributed by atoms with Crippen LogP contribution in [0.25, 0.3) is 0 Å². The third kappa shape index (κ3) is 4.47. The molecule has 0 spiro atoms. The summed E-state index contributed by atoms with van der Waals surface area (Å²) >= 11 is 5.93. The summed E-state index contributed by atoms with van der Waals surface area (Å²) in [5, 5.41) is 12.9. The highest BCUT2D eigenvalue weighted by Crippen LogP contribution is 2.17. The summed E-state index contributed by atoms with van der Waals surface area (Å²) in [5.41, 5.74) is 0.735. The zero-order valence-electron chi connectivity index (χ0n) is 9.50. The van der Waals surface area contributed by atoms with Crippen molar-refractivity contribution in [2.45, 2.75) is 39.0 Å². The number of aliphatic hydroxyl groups is 1. The molecule has 1 aromatic rings. The fourth-order valence-electron chi connectivity index (χ4n) is 1.56. The van der Waals surface area contributed by atoms with Gasteiger partial charge in [0.2, 0.25) is 0 Å². The SMILES string of the molecule is CC(O)CC(C)NCc1cc(F)ccc1Cl. The fourth-order valence-corrected chi connectivity index (χ4v) is 1.74. The fraction of sp³-hybridized carbons (Fsp3) is 0.500.